The molecular formula is C26H30O3. The number of benzene rings is 2. The molecule has 1 atom stereocenters. The van der Waals surface area contributed by atoms with Crippen LogP contribution in [0.4, 0.5) is 0 Å². The van der Waals surface area contributed by atoms with Gasteiger partial charge in [0.2, 0.25) is 0 Å². The molecule has 2 aromatic carbocycles. The second-order valence-electron chi connectivity index (χ2n) is 8.14. The minimum absolute atomic E-state index is 0.0656. The highest BCUT2D eigenvalue weighted by molar-refractivity contribution is 5.84. The van der Waals surface area contributed by atoms with Gasteiger partial charge >= 0.3 is 5.63 Å². The van der Waals surface area contributed by atoms with Crippen LogP contribution in [0.1, 0.15) is 74.3 Å². The first-order valence-corrected chi connectivity index (χ1v) is 11.0. The summed E-state index contributed by atoms with van der Waals surface area (Å²) in [5, 5.41) is 1.10. The maximum atomic E-state index is 12.4. The second-order valence-corrected chi connectivity index (χ2v) is 8.14. The molecule has 0 unspecified atom stereocenters. The molecule has 0 N–H and O–H groups in total. The van der Waals surface area contributed by atoms with E-state index in [0.29, 0.717) is 5.58 Å². The molecule has 4 rings (SSSR count). The topological polar surface area (TPSA) is 39.4 Å². The summed E-state index contributed by atoms with van der Waals surface area (Å²) in [5.41, 5.74) is 4.90. The van der Waals surface area contributed by atoms with Crippen molar-refractivity contribution in [2.75, 3.05) is 0 Å². The first kappa shape index (κ1) is 19.8. The lowest BCUT2D eigenvalue weighted by atomic mass is 9.99. The van der Waals surface area contributed by atoms with E-state index in [0.717, 1.165) is 54.4 Å². The van der Waals surface area contributed by atoms with Crippen molar-refractivity contribution in [3.05, 3.63) is 75.1 Å². The van der Waals surface area contributed by atoms with E-state index in [1.807, 2.05) is 24.3 Å². The van der Waals surface area contributed by atoms with Gasteiger partial charge in [-0.3, -0.25) is 0 Å². The Morgan fingerprint density at radius 3 is 2.62 bits per heavy atom. The third-order valence-corrected chi connectivity index (χ3v) is 6.03. The van der Waals surface area contributed by atoms with Gasteiger partial charge in [0.15, 0.2) is 0 Å². The van der Waals surface area contributed by atoms with Gasteiger partial charge in [-0.2, -0.15) is 0 Å². The zero-order chi connectivity index (χ0) is 20.2. The third kappa shape index (κ3) is 4.24. The molecule has 0 aliphatic heterocycles. The molecule has 0 spiro atoms. The monoisotopic (exact) mass is 390 g/mol. The molecule has 1 heterocycles. The average Bonchev–Trinajstić information content (AvgIpc) is 3.23. The van der Waals surface area contributed by atoms with Crippen LogP contribution >= 0.6 is 0 Å². The molecule has 0 radical (unpaired) electrons. The Balaban J connectivity index is 1.72. The number of aryl methyl sites for hydroxylation is 2. The van der Waals surface area contributed by atoms with Crippen LogP contribution in [0, 0.1) is 0 Å². The van der Waals surface area contributed by atoms with Crippen LogP contribution < -0.4 is 10.4 Å². The van der Waals surface area contributed by atoms with Crippen molar-refractivity contribution in [2.24, 2.45) is 0 Å². The van der Waals surface area contributed by atoms with Gasteiger partial charge in [0, 0.05) is 17.0 Å². The maximum absolute atomic E-state index is 12.4. The fourth-order valence-corrected chi connectivity index (χ4v) is 4.38. The molecule has 0 bridgehead atoms. The fourth-order valence-electron chi connectivity index (χ4n) is 4.38. The van der Waals surface area contributed by atoms with Crippen LogP contribution in [0.15, 0.2) is 51.7 Å². The lowest BCUT2D eigenvalue weighted by Gasteiger charge is -2.19. The van der Waals surface area contributed by atoms with Gasteiger partial charge in [0.1, 0.15) is 17.4 Å². The van der Waals surface area contributed by atoms with Gasteiger partial charge in [-0.1, -0.05) is 56.5 Å². The van der Waals surface area contributed by atoms with Gasteiger partial charge in [-0.15, -0.1) is 0 Å². The predicted octanol–water partition coefficient (Wildman–Crippen LogP) is 6.54. The summed E-state index contributed by atoms with van der Waals surface area (Å²) in [5.74, 6) is 0.839. The minimum Gasteiger partial charge on any atom is -0.486 e. The van der Waals surface area contributed by atoms with Crippen molar-refractivity contribution >= 4 is 11.0 Å². The largest absolute Gasteiger partial charge is 0.486 e. The Hall–Kier alpha value is -2.55. The molecule has 1 aliphatic rings. The first-order valence-electron chi connectivity index (χ1n) is 11.0. The average molecular weight is 391 g/mol. The molecule has 1 aromatic heterocycles. The summed E-state index contributed by atoms with van der Waals surface area (Å²) in [6, 6.07) is 14.4. The van der Waals surface area contributed by atoms with E-state index in [4.69, 9.17) is 9.15 Å². The fraction of sp³-hybridized carbons (Fsp3) is 0.423. The maximum Gasteiger partial charge on any atom is 0.339 e. The van der Waals surface area contributed by atoms with E-state index in [1.54, 1.807) is 0 Å². The number of hydrogen-bond donors (Lipinski definition) is 0. The minimum atomic E-state index is -0.178. The van der Waals surface area contributed by atoms with Crippen LogP contribution in [0.2, 0.25) is 0 Å². The molecule has 3 nitrogen and oxygen atoms in total. The van der Waals surface area contributed by atoms with Crippen LogP contribution in [-0.4, -0.2) is 0 Å². The predicted molar refractivity (Wildman–Crippen MR) is 118 cm³/mol. The number of unbranched alkanes of at least 4 members (excludes halogenated alkanes) is 3. The summed E-state index contributed by atoms with van der Waals surface area (Å²) < 4.78 is 12.1. The molecule has 1 aliphatic carbocycles. The van der Waals surface area contributed by atoms with E-state index in [9.17, 15) is 4.79 Å². The van der Waals surface area contributed by atoms with E-state index >= 15 is 0 Å². The SMILES string of the molecule is CCCCCCc1cc2c3c(c(=O)oc2cc1O[C@@H](C)c1ccccc1)CCC3. The number of rotatable bonds is 8. The second kappa shape index (κ2) is 8.86. The molecule has 3 heteroatoms. The normalized spacial score (nSPS) is 14.1. The molecule has 29 heavy (non-hydrogen) atoms. The van der Waals surface area contributed by atoms with Gasteiger partial charge < -0.3 is 9.15 Å². The quantitative estimate of drug-likeness (QED) is 0.324. The van der Waals surface area contributed by atoms with Gasteiger partial charge in [-0.05, 0) is 61.8 Å². The highest BCUT2D eigenvalue weighted by Gasteiger charge is 2.21. The Bertz CT molecular complexity index is 1030. The summed E-state index contributed by atoms with van der Waals surface area (Å²) in [6.07, 6.45) is 8.62. The zero-order valence-electron chi connectivity index (χ0n) is 17.5. The van der Waals surface area contributed by atoms with Gasteiger partial charge in [0.25, 0.3) is 0 Å². The molecule has 0 saturated carbocycles. The molecular weight excluding hydrogens is 360 g/mol. The van der Waals surface area contributed by atoms with Crippen LogP contribution in [0.25, 0.3) is 11.0 Å². The van der Waals surface area contributed by atoms with Crippen LogP contribution in [0.5, 0.6) is 5.75 Å². The molecule has 0 fully saturated rings. The lowest BCUT2D eigenvalue weighted by molar-refractivity contribution is 0.224. The summed E-state index contributed by atoms with van der Waals surface area (Å²) in [7, 11) is 0. The number of ether oxygens (including phenoxy) is 1. The highest BCUT2D eigenvalue weighted by atomic mass is 16.5. The Kier molecular flexibility index (Phi) is 6.03. The van der Waals surface area contributed by atoms with Crippen molar-refractivity contribution < 1.29 is 9.15 Å². The Morgan fingerprint density at radius 2 is 1.83 bits per heavy atom. The number of fused-ring (bicyclic) bond motifs is 3. The summed E-state index contributed by atoms with van der Waals surface area (Å²) in [6.45, 7) is 4.30. The molecule has 0 amide bonds. The number of hydrogen-bond acceptors (Lipinski definition) is 3. The standard InChI is InChI=1S/C26H30O3/c1-3-4-5-7-13-20-16-23-21-14-10-15-22(21)26(27)29-25(23)17-24(20)28-18(2)19-11-8-6-9-12-19/h6,8-9,11-12,16-18H,3-5,7,10,13-15H2,1-2H3/t18-/m0/s1. The van der Waals surface area contributed by atoms with Crippen molar-refractivity contribution in [3.8, 4) is 5.75 Å². The van der Waals surface area contributed by atoms with E-state index < -0.39 is 0 Å². The smallest absolute Gasteiger partial charge is 0.339 e. The summed E-state index contributed by atoms with van der Waals surface area (Å²) >= 11 is 0. The van der Waals surface area contributed by atoms with Gasteiger partial charge in [-0.25, -0.2) is 4.79 Å². The Morgan fingerprint density at radius 1 is 1.03 bits per heavy atom. The molecule has 0 saturated heterocycles. The summed E-state index contributed by atoms with van der Waals surface area (Å²) in [4.78, 5) is 12.4. The van der Waals surface area contributed by atoms with Crippen molar-refractivity contribution in [1.82, 2.24) is 0 Å². The van der Waals surface area contributed by atoms with Crippen molar-refractivity contribution in [3.63, 3.8) is 0 Å². The first-order chi connectivity index (χ1) is 14.2. The molecule has 152 valence electrons. The zero-order valence-corrected chi connectivity index (χ0v) is 17.5. The van der Waals surface area contributed by atoms with E-state index in [1.165, 1.54) is 30.4 Å². The highest BCUT2D eigenvalue weighted by Crippen LogP contribution is 2.35. The van der Waals surface area contributed by atoms with Crippen molar-refractivity contribution in [1.29, 1.82) is 0 Å². The van der Waals surface area contributed by atoms with Gasteiger partial charge in [0.05, 0.1) is 0 Å². The Labute approximate surface area is 172 Å². The van der Waals surface area contributed by atoms with E-state index in [2.05, 4.69) is 32.0 Å². The van der Waals surface area contributed by atoms with Crippen molar-refractivity contribution in [2.45, 2.75) is 71.3 Å². The van der Waals surface area contributed by atoms with Crippen LogP contribution in [-0.2, 0) is 19.3 Å². The molecule has 3 aromatic rings. The lowest BCUT2D eigenvalue weighted by Crippen LogP contribution is -2.09. The third-order valence-electron chi connectivity index (χ3n) is 6.03. The van der Waals surface area contributed by atoms with E-state index in [-0.39, 0.29) is 11.7 Å². The van der Waals surface area contributed by atoms with Crippen LogP contribution in [0.3, 0.4) is 0 Å².